The zero-order valence-corrected chi connectivity index (χ0v) is 21.0. The molecule has 0 spiro atoms. The third kappa shape index (κ3) is 7.96. The molecule has 1 amide bonds. The summed E-state index contributed by atoms with van der Waals surface area (Å²) < 4.78 is 17.0. The van der Waals surface area contributed by atoms with E-state index < -0.39 is 14.4 Å². The summed E-state index contributed by atoms with van der Waals surface area (Å²) in [6.45, 7) is 14.6. The Morgan fingerprint density at radius 2 is 1.71 bits per heavy atom. The summed E-state index contributed by atoms with van der Waals surface area (Å²) in [5, 5.41) is 0.0533. The van der Waals surface area contributed by atoms with Crippen LogP contribution >= 0.6 is 0 Å². The smallest absolute Gasteiger partial charge is 0.410 e. The molecule has 1 aromatic rings. The van der Waals surface area contributed by atoms with Crippen LogP contribution in [0.15, 0.2) is 30.3 Å². The molecule has 6 nitrogen and oxygen atoms in total. The van der Waals surface area contributed by atoms with Crippen molar-refractivity contribution in [3.8, 4) is 0 Å². The first-order chi connectivity index (χ1) is 14.5. The second-order valence-corrected chi connectivity index (χ2v) is 14.7. The van der Waals surface area contributed by atoms with Gasteiger partial charge >= 0.3 is 12.1 Å². The normalized spacial score (nSPS) is 16.6. The van der Waals surface area contributed by atoms with Gasteiger partial charge in [0.2, 0.25) is 0 Å². The van der Waals surface area contributed by atoms with E-state index in [9.17, 15) is 9.59 Å². The van der Waals surface area contributed by atoms with Gasteiger partial charge in [0, 0.05) is 13.1 Å². The summed E-state index contributed by atoms with van der Waals surface area (Å²) in [5.41, 5.74) is 0.985. The molecule has 0 bridgehead atoms. The number of hydrogen-bond donors (Lipinski definition) is 0. The van der Waals surface area contributed by atoms with Gasteiger partial charge in [-0.1, -0.05) is 51.1 Å². The van der Waals surface area contributed by atoms with Crippen LogP contribution in [-0.4, -0.2) is 51.1 Å². The van der Waals surface area contributed by atoms with Gasteiger partial charge in [-0.3, -0.25) is 0 Å². The van der Waals surface area contributed by atoms with Gasteiger partial charge in [-0.2, -0.15) is 0 Å². The number of hydrogen-bond acceptors (Lipinski definition) is 5. The summed E-state index contributed by atoms with van der Waals surface area (Å²) in [6, 6.07) is 9.69. The van der Waals surface area contributed by atoms with Crippen molar-refractivity contribution in [2.24, 2.45) is 5.92 Å². The molecule has 1 aromatic carbocycles. The van der Waals surface area contributed by atoms with Gasteiger partial charge < -0.3 is 18.8 Å². The highest BCUT2D eigenvalue weighted by molar-refractivity contribution is 6.74. The van der Waals surface area contributed by atoms with E-state index in [0.29, 0.717) is 32.2 Å². The SMILES string of the molecule is C[C@@H](O[Si](C)(C)C(C)(C)C)C(=O)OCCC1CCN(C(=O)OCc2ccccc2)CC1. The summed E-state index contributed by atoms with van der Waals surface area (Å²) >= 11 is 0. The van der Waals surface area contributed by atoms with Crippen molar-refractivity contribution in [3.05, 3.63) is 35.9 Å². The van der Waals surface area contributed by atoms with E-state index >= 15 is 0 Å². The Morgan fingerprint density at radius 3 is 2.29 bits per heavy atom. The van der Waals surface area contributed by atoms with E-state index in [1.165, 1.54) is 0 Å². The first kappa shape index (κ1) is 25.4. The number of nitrogens with zero attached hydrogens (tertiary/aromatic N) is 1. The van der Waals surface area contributed by atoms with Crippen LogP contribution in [0.25, 0.3) is 0 Å². The molecule has 31 heavy (non-hydrogen) atoms. The van der Waals surface area contributed by atoms with Crippen LogP contribution in [0.3, 0.4) is 0 Å². The number of piperidine rings is 1. The molecule has 1 heterocycles. The molecular weight excluding hydrogens is 410 g/mol. The first-order valence-corrected chi connectivity index (χ1v) is 14.2. The van der Waals surface area contributed by atoms with Gasteiger partial charge in [0.15, 0.2) is 8.32 Å². The zero-order chi connectivity index (χ0) is 23.1. The maximum atomic E-state index is 12.3. The molecule has 0 aliphatic carbocycles. The van der Waals surface area contributed by atoms with Crippen molar-refractivity contribution in [1.82, 2.24) is 4.90 Å². The standard InChI is InChI=1S/C24H39NO5Si/c1-19(30-31(5,6)24(2,3)4)22(26)28-17-14-20-12-15-25(16-13-20)23(27)29-18-21-10-8-7-9-11-21/h7-11,19-20H,12-18H2,1-6H3/t19-/m1/s1. The number of ether oxygens (including phenoxy) is 2. The third-order valence-corrected chi connectivity index (χ3v) is 11.0. The fourth-order valence-corrected chi connectivity index (χ4v) is 4.66. The van der Waals surface area contributed by atoms with E-state index in [1.807, 2.05) is 30.3 Å². The number of rotatable bonds is 8. The summed E-state index contributed by atoms with van der Waals surface area (Å²) in [5.74, 6) is 0.161. The van der Waals surface area contributed by atoms with Crippen LogP contribution in [0, 0.1) is 5.92 Å². The Labute approximate surface area is 188 Å². The predicted molar refractivity (Wildman–Crippen MR) is 124 cm³/mol. The molecule has 174 valence electrons. The molecule has 1 atom stereocenters. The summed E-state index contributed by atoms with van der Waals surface area (Å²) in [7, 11) is -2.00. The molecule has 1 saturated heterocycles. The Morgan fingerprint density at radius 1 is 1.10 bits per heavy atom. The maximum Gasteiger partial charge on any atom is 0.410 e. The quantitative estimate of drug-likeness (QED) is 0.394. The second kappa shape index (κ2) is 11.1. The van der Waals surface area contributed by atoms with Crippen molar-refractivity contribution in [1.29, 1.82) is 0 Å². The average Bonchev–Trinajstić information content (AvgIpc) is 2.72. The van der Waals surface area contributed by atoms with E-state index in [4.69, 9.17) is 13.9 Å². The van der Waals surface area contributed by atoms with E-state index in [2.05, 4.69) is 33.9 Å². The van der Waals surface area contributed by atoms with Gasteiger partial charge in [0.25, 0.3) is 0 Å². The minimum absolute atomic E-state index is 0.0533. The molecule has 1 fully saturated rings. The van der Waals surface area contributed by atoms with E-state index in [-0.39, 0.29) is 17.1 Å². The largest absolute Gasteiger partial charge is 0.464 e. The lowest BCUT2D eigenvalue weighted by Gasteiger charge is -2.37. The second-order valence-electron chi connectivity index (χ2n) is 9.95. The maximum absolute atomic E-state index is 12.3. The van der Waals surface area contributed by atoms with Gasteiger partial charge in [-0.15, -0.1) is 0 Å². The number of esters is 1. The Balaban J connectivity index is 1.64. The van der Waals surface area contributed by atoms with Crippen molar-refractivity contribution in [2.45, 2.75) is 77.8 Å². The van der Waals surface area contributed by atoms with Crippen molar-refractivity contribution in [2.75, 3.05) is 19.7 Å². The van der Waals surface area contributed by atoms with E-state index in [1.54, 1.807) is 11.8 Å². The van der Waals surface area contributed by atoms with Crippen LogP contribution in [0.1, 0.15) is 52.5 Å². The van der Waals surface area contributed by atoms with Gasteiger partial charge in [0.1, 0.15) is 12.7 Å². The lowest BCUT2D eigenvalue weighted by atomic mass is 9.94. The van der Waals surface area contributed by atoms with Gasteiger partial charge in [-0.05, 0) is 55.8 Å². The molecule has 0 radical (unpaired) electrons. The lowest BCUT2D eigenvalue weighted by molar-refractivity contribution is -0.152. The van der Waals surface area contributed by atoms with Gasteiger partial charge in [0.05, 0.1) is 6.61 Å². The fourth-order valence-electron chi connectivity index (χ4n) is 3.33. The third-order valence-electron chi connectivity index (χ3n) is 6.46. The molecular formula is C24H39NO5Si. The van der Waals surface area contributed by atoms with Crippen LogP contribution in [0.2, 0.25) is 18.1 Å². The van der Waals surface area contributed by atoms with E-state index in [0.717, 1.165) is 24.8 Å². The highest BCUT2D eigenvalue weighted by Crippen LogP contribution is 2.37. The molecule has 1 aliphatic rings. The number of benzene rings is 1. The predicted octanol–water partition coefficient (Wildman–Crippen LogP) is 5.38. The Bertz CT molecular complexity index is 708. The number of likely N-dealkylation sites (tertiary alicyclic amines) is 1. The molecule has 0 unspecified atom stereocenters. The zero-order valence-electron chi connectivity index (χ0n) is 20.0. The fraction of sp³-hybridized carbons (Fsp3) is 0.667. The van der Waals surface area contributed by atoms with Gasteiger partial charge in [-0.25, -0.2) is 9.59 Å². The minimum Gasteiger partial charge on any atom is -0.464 e. The molecule has 0 saturated carbocycles. The van der Waals surface area contributed by atoms with Crippen molar-refractivity contribution < 1.29 is 23.5 Å². The Kier molecular flexibility index (Phi) is 9.12. The van der Waals surface area contributed by atoms with Crippen LogP contribution in [-0.2, 0) is 25.3 Å². The number of amides is 1. The first-order valence-electron chi connectivity index (χ1n) is 11.3. The summed E-state index contributed by atoms with van der Waals surface area (Å²) in [4.78, 5) is 26.4. The van der Waals surface area contributed by atoms with Crippen molar-refractivity contribution in [3.63, 3.8) is 0 Å². The number of carbonyl (C=O) groups excluding carboxylic acids is 2. The molecule has 2 rings (SSSR count). The van der Waals surface area contributed by atoms with Crippen LogP contribution in [0.5, 0.6) is 0 Å². The Hall–Kier alpha value is -1.86. The number of carbonyl (C=O) groups is 2. The van der Waals surface area contributed by atoms with Crippen LogP contribution < -0.4 is 0 Å². The molecule has 0 N–H and O–H groups in total. The molecule has 7 heteroatoms. The molecule has 1 aliphatic heterocycles. The lowest BCUT2D eigenvalue weighted by Crippen LogP contribution is -2.45. The highest BCUT2D eigenvalue weighted by atomic mass is 28.4. The minimum atomic E-state index is -2.00. The average molecular weight is 450 g/mol. The van der Waals surface area contributed by atoms with Crippen molar-refractivity contribution >= 4 is 20.4 Å². The van der Waals surface area contributed by atoms with Crippen LogP contribution in [0.4, 0.5) is 4.79 Å². The highest BCUT2D eigenvalue weighted by Gasteiger charge is 2.40. The summed E-state index contributed by atoms with van der Waals surface area (Å²) in [6.07, 6.45) is 1.81. The topological polar surface area (TPSA) is 65.1 Å². The molecule has 0 aromatic heterocycles. The monoisotopic (exact) mass is 449 g/mol.